The molecule has 2 aromatic heterocycles. The summed E-state index contributed by atoms with van der Waals surface area (Å²) in [7, 11) is 0. The Bertz CT molecular complexity index is 1130. The number of nitrogens with zero attached hydrogens (tertiary/aromatic N) is 2. The number of nitrogens with one attached hydrogen (secondary N) is 1. The standard InChI is InChI=1S/C21H19Cl2N3O3S/c22-16-8-7-13(10-17(16)23)24-19(27)12-30-20-15-5-1-2-6-18(15)26(21(28)25-20)11-14-4-3-9-29-14/h3-4,7-10H,1-2,5-6,11-12H2,(H,24,27). The largest absolute Gasteiger partial charge is 0.467 e. The van der Waals surface area contributed by atoms with Crippen molar-refractivity contribution in [2.45, 2.75) is 37.3 Å². The van der Waals surface area contributed by atoms with Gasteiger partial charge in [0.25, 0.3) is 0 Å². The lowest BCUT2D eigenvalue weighted by Crippen LogP contribution is -2.30. The molecule has 156 valence electrons. The molecule has 0 radical (unpaired) electrons. The number of rotatable bonds is 6. The van der Waals surface area contributed by atoms with Crippen LogP contribution in [0.2, 0.25) is 10.0 Å². The molecule has 9 heteroatoms. The minimum atomic E-state index is -0.320. The number of thioether (sulfide) groups is 1. The van der Waals surface area contributed by atoms with Crippen LogP contribution in [0.4, 0.5) is 5.69 Å². The Labute approximate surface area is 187 Å². The van der Waals surface area contributed by atoms with Crippen LogP contribution in [0.15, 0.2) is 50.8 Å². The Morgan fingerprint density at radius 3 is 2.80 bits per heavy atom. The van der Waals surface area contributed by atoms with E-state index in [0.29, 0.717) is 33.1 Å². The maximum Gasteiger partial charge on any atom is 0.349 e. The summed E-state index contributed by atoms with van der Waals surface area (Å²) < 4.78 is 7.09. The van der Waals surface area contributed by atoms with Crippen molar-refractivity contribution in [3.63, 3.8) is 0 Å². The van der Waals surface area contributed by atoms with E-state index in [4.69, 9.17) is 27.6 Å². The summed E-state index contributed by atoms with van der Waals surface area (Å²) in [5, 5.41) is 4.22. The van der Waals surface area contributed by atoms with Gasteiger partial charge in [-0.15, -0.1) is 0 Å². The molecular weight excluding hydrogens is 445 g/mol. The molecule has 6 nitrogen and oxygen atoms in total. The lowest BCUT2D eigenvalue weighted by Gasteiger charge is -2.22. The maximum atomic E-state index is 12.7. The van der Waals surface area contributed by atoms with Gasteiger partial charge in [-0.1, -0.05) is 35.0 Å². The van der Waals surface area contributed by atoms with Crippen molar-refractivity contribution in [3.8, 4) is 0 Å². The van der Waals surface area contributed by atoms with Crippen molar-refractivity contribution < 1.29 is 9.21 Å². The fraction of sp³-hybridized carbons (Fsp3) is 0.286. The molecule has 0 saturated carbocycles. The van der Waals surface area contributed by atoms with Crippen LogP contribution < -0.4 is 11.0 Å². The third-order valence-electron chi connectivity index (χ3n) is 4.89. The van der Waals surface area contributed by atoms with Crippen molar-refractivity contribution in [2.24, 2.45) is 0 Å². The monoisotopic (exact) mass is 463 g/mol. The van der Waals surface area contributed by atoms with Crippen LogP contribution in [-0.4, -0.2) is 21.2 Å². The van der Waals surface area contributed by atoms with E-state index >= 15 is 0 Å². The molecule has 0 saturated heterocycles. The number of benzene rings is 1. The zero-order valence-corrected chi connectivity index (χ0v) is 18.3. The van der Waals surface area contributed by atoms with Crippen LogP contribution in [0.25, 0.3) is 0 Å². The Kier molecular flexibility index (Phi) is 6.51. The molecule has 3 aromatic rings. The van der Waals surface area contributed by atoms with Crippen molar-refractivity contribution in [1.29, 1.82) is 0 Å². The highest BCUT2D eigenvalue weighted by atomic mass is 35.5. The van der Waals surface area contributed by atoms with E-state index < -0.39 is 0 Å². The Morgan fingerprint density at radius 2 is 2.03 bits per heavy atom. The first kappa shape index (κ1) is 21.0. The minimum Gasteiger partial charge on any atom is -0.467 e. The summed E-state index contributed by atoms with van der Waals surface area (Å²) in [4.78, 5) is 29.4. The third kappa shape index (κ3) is 4.74. The molecule has 30 heavy (non-hydrogen) atoms. The van der Waals surface area contributed by atoms with Gasteiger partial charge in [-0.05, 0) is 56.0 Å². The Balaban J connectivity index is 1.51. The van der Waals surface area contributed by atoms with E-state index in [-0.39, 0.29) is 17.3 Å². The van der Waals surface area contributed by atoms with Gasteiger partial charge in [0.2, 0.25) is 5.91 Å². The van der Waals surface area contributed by atoms with Gasteiger partial charge in [-0.2, -0.15) is 4.98 Å². The van der Waals surface area contributed by atoms with Crippen molar-refractivity contribution in [1.82, 2.24) is 9.55 Å². The van der Waals surface area contributed by atoms with Crippen molar-refractivity contribution in [2.75, 3.05) is 11.1 Å². The number of aromatic nitrogens is 2. The van der Waals surface area contributed by atoms with E-state index in [1.807, 2.05) is 6.07 Å². The molecule has 0 aliphatic heterocycles. The summed E-state index contributed by atoms with van der Waals surface area (Å²) in [5.41, 5.74) is 2.29. The molecule has 4 rings (SSSR count). The highest BCUT2D eigenvalue weighted by Crippen LogP contribution is 2.29. The fourth-order valence-electron chi connectivity index (χ4n) is 3.49. The van der Waals surface area contributed by atoms with E-state index in [1.54, 1.807) is 35.1 Å². The van der Waals surface area contributed by atoms with Gasteiger partial charge in [-0.3, -0.25) is 9.36 Å². The number of halogens is 2. The lowest BCUT2D eigenvalue weighted by atomic mass is 9.97. The van der Waals surface area contributed by atoms with Crippen LogP contribution in [0.5, 0.6) is 0 Å². The van der Waals surface area contributed by atoms with Crippen LogP contribution in [0.3, 0.4) is 0 Å². The van der Waals surface area contributed by atoms with E-state index in [1.165, 1.54) is 11.8 Å². The van der Waals surface area contributed by atoms with Crippen LogP contribution in [0, 0.1) is 0 Å². The number of hydrogen-bond donors (Lipinski definition) is 1. The number of carbonyl (C=O) groups excluding carboxylic acids is 1. The number of anilines is 1. The molecule has 0 unspecified atom stereocenters. The predicted molar refractivity (Wildman–Crippen MR) is 119 cm³/mol. The molecular formula is C21H19Cl2N3O3S. The number of carbonyl (C=O) groups is 1. The van der Waals surface area contributed by atoms with Gasteiger partial charge < -0.3 is 9.73 Å². The third-order valence-corrected chi connectivity index (χ3v) is 6.64. The number of fused-ring (bicyclic) bond motifs is 1. The molecule has 0 spiro atoms. The first-order valence-corrected chi connectivity index (χ1v) is 11.3. The van der Waals surface area contributed by atoms with Gasteiger partial charge >= 0.3 is 5.69 Å². The van der Waals surface area contributed by atoms with Gasteiger partial charge in [0.1, 0.15) is 10.8 Å². The average molecular weight is 464 g/mol. The number of amides is 1. The molecule has 1 aromatic carbocycles. The lowest BCUT2D eigenvalue weighted by molar-refractivity contribution is -0.113. The maximum absolute atomic E-state index is 12.7. The quantitative estimate of drug-likeness (QED) is 0.419. The predicted octanol–water partition coefficient (Wildman–Crippen LogP) is 4.80. The Hall–Kier alpha value is -2.22. The molecule has 2 heterocycles. The average Bonchev–Trinajstić information content (AvgIpc) is 3.25. The second-order valence-corrected chi connectivity index (χ2v) is 8.74. The smallest absolute Gasteiger partial charge is 0.349 e. The van der Waals surface area contributed by atoms with Crippen molar-refractivity contribution >= 4 is 46.6 Å². The fourth-order valence-corrected chi connectivity index (χ4v) is 4.67. The van der Waals surface area contributed by atoms with Crippen molar-refractivity contribution in [3.05, 3.63) is 74.1 Å². The molecule has 0 fully saturated rings. The van der Waals surface area contributed by atoms with Gasteiger partial charge in [0, 0.05) is 16.9 Å². The van der Waals surface area contributed by atoms with Crippen LogP contribution in [-0.2, 0) is 24.2 Å². The highest BCUT2D eigenvalue weighted by Gasteiger charge is 2.21. The molecule has 1 aliphatic carbocycles. The summed E-state index contributed by atoms with van der Waals surface area (Å²) in [5.74, 6) is 0.652. The van der Waals surface area contributed by atoms with Crippen LogP contribution in [0.1, 0.15) is 29.9 Å². The normalized spacial score (nSPS) is 13.1. The van der Waals surface area contributed by atoms with Gasteiger partial charge in [0.15, 0.2) is 0 Å². The molecule has 1 amide bonds. The second-order valence-electron chi connectivity index (χ2n) is 6.96. The minimum absolute atomic E-state index is 0.140. The van der Waals surface area contributed by atoms with E-state index in [9.17, 15) is 9.59 Å². The number of hydrogen-bond acceptors (Lipinski definition) is 5. The first-order valence-electron chi connectivity index (χ1n) is 9.54. The topological polar surface area (TPSA) is 77.1 Å². The summed E-state index contributed by atoms with van der Waals surface area (Å²) in [6.07, 6.45) is 5.32. The number of furan rings is 1. The van der Waals surface area contributed by atoms with Crippen LogP contribution >= 0.6 is 35.0 Å². The molecule has 0 bridgehead atoms. The Morgan fingerprint density at radius 1 is 1.20 bits per heavy atom. The van der Waals surface area contributed by atoms with Gasteiger partial charge in [-0.25, -0.2) is 4.79 Å². The first-order chi connectivity index (χ1) is 14.5. The summed E-state index contributed by atoms with van der Waals surface area (Å²) in [6, 6.07) is 8.56. The van der Waals surface area contributed by atoms with E-state index in [0.717, 1.165) is 36.9 Å². The highest BCUT2D eigenvalue weighted by molar-refractivity contribution is 8.00. The summed E-state index contributed by atoms with van der Waals surface area (Å²) >= 11 is 13.2. The molecule has 1 N–H and O–H groups in total. The summed E-state index contributed by atoms with van der Waals surface area (Å²) in [6.45, 7) is 0.365. The van der Waals surface area contributed by atoms with Gasteiger partial charge in [0.05, 0.1) is 28.6 Å². The molecule has 1 aliphatic rings. The molecule has 0 atom stereocenters. The SMILES string of the molecule is O=C(CSc1nc(=O)n(Cc2ccco2)c2c1CCCC2)Nc1ccc(Cl)c(Cl)c1. The zero-order valence-electron chi connectivity index (χ0n) is 16.0. The zero-order chi connectivity index (χ0) is 21.1. The second kappa shape index (κ2) is 9.29. The van der Waals surface area contributed by atoms with E-state index in [2.05, 4.69) is 10.3 Å².